The van der Waals surface area contributed by atoms with Gasteiger partial charge in [0.05, 0.1) is 20.6 Å². The molecule has 3 aromatic carbocycles. The van der Waals surface area contributed by atoms with E-state index in [1.807, 2.05) is 13.1 Å². The zero-order valence-corrected chi connectivity index (χ0v) is 20.5. The molecule has 1 aliphatic heterocycles. The molecule has 7 nitrogen and oxygen atoms in total. The summed E-state index contributed by atoms with van der Waals surface area (Å²) in [7, 11) is -1.86. The Kier molecular flexibility index (Phi) is 7.19. The van der Waals surface area contributed by atoms with Crippen LogP contribution in [-0.2, 0) is 10.0 Å². The number of benzene rings is 3. The van der Waals surface area contributed by atoms with E-state index in [0.29, 0.717) is 22.2 Å². The van der Waals surface area contributed by atoms with Crippen LogP contribution in [0.4, 0.5) is 5.69 Å². The highest BCUT2D eigenvalue weighted by molar-refractivity contribution is 7.92. The Balaban J connectivity index is 1.48. The summed E-state index contributed by atoms with van der Waals surface area (Å²) in [5.74, 6) is 1.08. The molecule has 0 bridgehead atoms. The van der Waals surface area contributed by atoms with Crippen molar-refractivity contribution < 1.29 is 17.9 Å². The second kappa shape index (κ2) is 10.1. The molecule has 1 unspecified atom stereocenters. The summed E-state index contributed by atoms with van der Waals surface area (Å²) < 4.78 is 40.1. The highest BCUT2D eigenvalue weighted by Gasteiger charge is 2.22. The van der Waals surface area contributed by atoms with Gasteiger partial charge in [-0.2, -0.15) is 5.26 Å². The summed E-state index contributed by atoms with van der Waals surface area (Å²) in [5.41, 5.74) is 0.538. The molecular formula is C24H21Cl2N3O4S. The van der Waals surface area contributed by atoms with E-state index in [0.717, 1.165) is 19.5 Å². The second-order valence-corrected chi connectivity index (χ2v) is 10.3. The molecular weight excluding hydrogens is 497 g/mol. The van der Waals surface area contributed by atoms with Crippen LogP contribution in [-0.4, -0.2) is 39.6 Å². The van der Waals surface area contributed by atoms with Gasteiger partial charge in [-0.15, -0.1) is 0 Å². The van der Waals surface area contributed by atoms with Crippen LogP contribution >= 0.6 is 23.2 Å². The first-order valence-electron chi connectivity index (χ1n) is 10.4. The van der Waals surface area contributed by atoms with Gasteiger partial charge in [-0.1, -0.05) is 29.3 Å². The van der Waals surface area contributed by atoms with Gasteiger partial charge in [0.15, 0.2) is 0 Å². The Labute approximate surface area is 208 Å². The average molecular weight is 518 g/mol. The molecule has 176 valence electrons. The lowest BCUT2D eigenvalue weighted by atomic mass is 10.2. The van der Waals surface area contributed by atoms with E-state index in [1.54, 1.807) is 36.4 Å². The molecule has 0 amide bonds. The number of nitriles is 1. The Bertz CT molecular complexity index is 1340. The molecule has 3 aromatic rings. The summed E-state index contributed by atoms with van der Waals surface area (Å²) in [5, 5.41) is 9.96. The Morgan fingerprint density at radius 3 is 2.50 bits per heavy atom. The van der Waals surface area contributed by atoms with Crippen molar-refractivity contribution in [1.82, 2.24) is 4.90 Å². The van der Waals surface area contributed by atoms with Gasteiger partial charge in [-0.3, -0.25) is 4.72 Å². The van der Waals surface area contributed by atoms with E-state index in [-0.39, 0.29) is 27.3 Å². The minimum atomic E-state index is -3.87. The van der Waals surface area contributed by atoms with Crippen molar-refractivity contribution in [2.75, 3.05) is 24.9 Å². The highest BCUT2D eigenvalue weighted by atomic mass is 35.5. The average Bonchev–Trinajstić information content (AvgIpc) is 3.21. The van der Waals surface area contributed by atoms with Crippen LogP contribution in [0.5, 0.6) is 17.2 Å². The fourth-order valence-electron chi connectivity index (χ4n) is 3.55. The molecule has 0 spiro atoms. The molecule has 4 rings (SSSR count). The summed E-state index contributed by atoms with van der Waals surface area (Å²) in [6.45, 7) is 1.72. The number of rotatable bonds is 7. The van der Waals surface area contributed by atoms with Crippen LogP contribution < -0.4 is 14.2 Å². The van der Waals surface area contributed by atoms with Gasteiger partial charge in [0.1, 0.15) is 35.0 Å². The maximum absolute atomic E-state index is 12.9. The number of nitrogens with zero attached hydrogens (tertiary/aromatic N) is 2. The van der Waals surface area contributed by atoms with Crippen LogP contribution in [0.2, 0.25) is 10.0 Å². The van der Waals surface area contributed by atoms with Crippen molar-refractivity contribution in [2.24, 2.45) is 0 Å². The molecule has 1 N–H and O–H groups in total. The standard InChI is InChI=1S/C24H21Cl2N3O4S/c1-29-12-11-18(15-29)33-24-13-16(5-10-22(24)26)28-34(30,31)19-8-6-17(7-9-19)32-23-4-2-3-21(25)20(23)14-27/h2-10,13,18,28H,11-12,15H2,1H3. The molecule has 1 fully saturated rings. The minimum absolute atomic E-state index is 0.00273. The van der Waals surface area contributed by atoms with Crippen molar-refractivity contribution in [3.05, 3.63) is 76.3 Å². The van der Waals surface area contributed by atoms with E-state index in [4.69, 9.17) is 32.7 Å². The molecule has 1 heterocycles. The first-order chi connectivity index (χ1) is 16.2. The highest BCUT2D eigenvalue weighted by Crippen LogP contribution is 2.32. The smallest absolute Gasteiger partial charge is 0.261 e. The fraction of sp³-hybridized carbons (Fsp3) is 0.208. The topological polar surface area (TPSA) is 91.7 Å². The number of hydrogen-bond acceptors (Lipinski definition) is 6. The number of halogens is 2. The first kappa shape index (κ1) is 24.2. The Hall–Kier alpha value is -2.96. The molecule has 10 heteroatoms. The third-order valence-electron chi connectivity index (χ3n) is 5.27. The van der Waals surface area contributed by atoms with Crippen LogP contribution in [0.3, 0.4) is 0 Å². The van der Waals surface area contributed by atoms with Crippen LogP contribution in [0, 0.1) is 11.3 Å². The van der Waals surface area contributed by atoms with E-state index >= 15 is 0 Å². The zero-order valence-electron chi connectivity index (χ0n) is 18.2. The van der Waals surface area contributed by atoms with Gasteiger partial charge in [-0.05, 0) is 62.0 Å². The van der Waals surface area contributed by atoms with Gasteiger partial charge in [0.25, 0.3) is 10.0 Å². The Morgan fingerprint density at radius 2 is 1.82 bits per heavy atom. The largest absolute Gasteiger partial charge is 0.487 e. The van der Waals surface area contributed by atoms with Crippen LogP contribution in [0.25, 0.3) is 0 Å². The molecule has 0 radical (unpaired) electrons. The van der Waals surface area contributed by atoms with Crippen molar-refractivity contribution in [3.63, 3.8) is 0 Å². The number of likely N-dealkylation sites (tertiary alicyclic amines) is 1. The van der Waals surface area contributed by atoms with Crippen molar-refractivity contribution in [3.8, 4) is 23.3 Å². The number of anilines is 1. The van der Waals surface area contributed by atoms with Crippen molar-refractivity contribution in [2.45, 2.75) is 17.4 Å². The number of nitrogens with one attached hydrogen (secondary N) is 1. The van der Waals surface area contributed by atoms with E-state index in [9.17, 15) is 13.7 Å². The molecule has 0 saturated carbocycles. The SMILES string of the molecule is CN1CCC(Oc2cc(NS(=O)(=O)c3ccc(Oc4cccc(Cl)c4C#N)cc3)ccc2Cl)C1. The molecule has 0 aliphatic carbocycles. The first-order valence-corrected chi connectivity index (χ1v) is 12.6. The lowest BCUT2D eigenvalue weighted by Gasteiger charge is -2.16. The lowest BCUT2D eigenvalue weighted by molar-refractivity contribution is 0.208. The van der Waals surface area contributed by atoms with Gasteiger partial charge in [0.2, 0.25) is 0 Å². The maximum Gasteiger partial charge on any atom is 0.261 e. The number of likely N-dealkylation sites (N-methyl/N-ethyl adjacent to an activating group) is 1. The number of sulfonamides is 1. The number of hydrogen-bond donors (Lipinski definition) is 1. The fourth-order valence-corrected chi connectivity index (χ4v) is 4.97. The summed E-state index contributed by atoms with van der Waals surface area (Å²) in [6, 6.07) is 17.5. The normalized spacial score (nSPS) is 16.1. The van der Waals surface area contributed by atoms with Crippen LogP contribution in [0.1, 0.15) is 12.0 Å². The number of ether oxygens (including phenoxy) is 2. The summed E-state index contributed by atoms with van der Waals surface area (Å²) in [4.78, 5) is 2.20. The van der Waals surface area contributed by atoms with E-state index in [2.05, 4.69) is 9.62 Å². The predicted molar refractivity (Wildman–Crippen MR) is 131 cm³/mol. The van der Waals surface area contributed by atoms with Crippen molar-refractivity contribution in [1.29, 1.82) is 5.26 Å². The Morgan fingerprint density at radius 1 is 1.06 bits per heavy atom. The van der Waals surface area contributed by atoms with Gasteiger partial charge < -0.3 is 14.4 Å². The quantitative estimate of drug-likeness (QED) is 0.442. The third-order valence-corrected chi connectivity index (χ3v) is 7.30. The molecule has 1 aliphatic rings. The van der Waals surface area contributed by atoms with Gasteiger partial charge in [-0.25, -0.2) is 8.42 Å². The summed E-state index contributed by atoms with van der Waals surface area (Å²) in [6.07, 6.45) is 0.880. The van der Waals surface area contributed by atoms with Gasteiger partial charge >= 0.3 is 0 Å². The third kappa shape index (κ3) is 5.57. The minimum Gasteiger partial charge on any atom is -0.487 e. The second-order valence-electron chi connectivity index (χ2n) is 7.84. The summed E-state index contributed by atoms with van der Waals surface area (Å²) >= 11 is 12.3. The predicted octanol–water partition coefficient (Wildman–Crippen LogP) is 5.54. The van der Waals surface area contributed by atoms with Crippen molar-refractivity contribution >= 4 is 38.9 Å². The molecule has 1 atom stereocenters. The molecule has 34 heavy (non-hydrogen) atoms. The van der Waals surface area contributed by atoms with Crippen LogP contribution in [0.15, 0.2) is 65.6 Å². The van der Waals surface area contributed by atoms with E-state index < -0.39 is 10.0 Å². The maximum atomic E-state index is 12.9. The van der Waals surface area contributed by atoms with E-state index in [1.165, 1.54) is 24.3 Å². The molecule has 1 saturated heterocycles. The lowest BCUT2D eigenvalue weighted by Crippen LogP contribution is -2.21. The van der Waals surface area contributed by atoms with Gasteiger partial charge in [0, 0.05) is 19.2 Å². The zero-order chi connectivity index (χ0) is 24.3. The molecule has 0 aromatic heterocycles. The monoisotopic (exact) mass is 517 g/mol.